The van der Waals surface area contributed by atoms with Gasteiger partial charge in [0.25, 0.3) is 0 Å². The number of carbonyl (C=O) groups excluding carboxylic acids is 1. The SMILES string of the molecule is CN(CCO)CC(=O)N(Cc1ccco1)c1ccccc1. The molecule has 5 nitrogen and oxygen atoms in total. The normalized spacial score (nSPS) is 10.8. The summed E-state index contributed by atoms with van der Waals surface area (Å²) in [4.78, 5) is 16.0. The lowest BCUT2D eigenvalue weighted by Gasteiger charge is -2.24. The zero-order chi connectivity index (χ0) is 15.1. The summed E-state index contributed by atoms with van der Waals surface area (Å²) in [6.45, 7) is 1.14. The highest BCUT2D eigenvalue weighted by Gasteiger charge is 2.18. The Morgan fingerprint density at radius 2 is 1.95 bits per heavy atom. The van der Waals surface area contributed by atoms with Crippen LogP contribution in [0.2, 0.25) is 0 Å². The first-order valence-electron chi connectivity index (χ1n) is 6.88. The third kappa shape index (κ3) is 4.44. The molecule has 0 radical (unpaired) electrons. The van der Waals surface area contributed by atoms with Crippen molar-refractivity contribution in [1.29, 1.82) is 0 Å². The van der Waals surface area contributed by atoms with Gasteiger partial charge in [-0.3, -0.25) is 9.69 Å². The van der Waals surface area contributed by atoms with Crippen LogP contribution in [0.1, 0.15) is 5.76 Å². The zero-order valence-corrected chi connectivity index (χ0v) is 12.1. The molecule has 0 spiro atoms. The first-order chi connectivity index (χ1) is 10.2. The van der Waals surface area contributed by atoms with Crippen LogP contribution in [0, 0.1) is 0 Å². The van der Waals surface area contributed by atoms with Crippen molar-refractivity contribution < 1.29 is 14.3 Å². The van der Waals surface area contributed by atoms with Gasteiger partial charge >= 0.3 is 0 Å². The number of anilines is 1. The number of likely N-dealkylation sites (N-methyl/N-ethyl adjacent to an activating group) is 1. The number of hydrogen-bond donors (Lipinski definition) is 1. The van der Waals surface area contributed by atoms with Crippen molar-refractivity contribution in [3.63, 3.8) is 0 Å². The fourth-order valence-electron chi connectivity index (χ4n) is 2.06. The van der Waals surface area contributed by atoms with Crippen molar-refractivity contribution in [3.8, 4) is 0 Å². The molecule has 0 fully saturated rings. The van der Waals surface area contributed by atoms with Crippen LogP contribution in [-0.4, -0.2) is 42.7 Å². The highest BCUT2D eigenvalue weighted by atomic mass is 16.3. The Hall–Kier alpha value is -2.11. The highest BCUT2D eigenvalue weighted by Crippen LogP contribution is 2.17. The Morgan fingerprint density at radius 3 is 2.57 bits per heavy atom. The van der Waals surface area contributed by atoms with Crippen LogP contribution < -0.4 is 4.90 Å². The summed E-state index contributed by atoms with van der Waals surface area (Å²) in [5.41, 5.74) is 0.830. The molecule has 1 aromatic heterocycles. The van der Waals surface area contributed by atoms with Gasteiger partial charge < -0.3 is 14.4 Å². The second kappa shape index (κ2) is 7.61. The average Bonchev–Trinajstić information content (AvgIpc) is 2.99. The van der Waals surface area contributed by atoms with E-state index >= 15 is 0 Å². The first-order valence-corrected chi connectivity index (χ1v) is 6.88. The molecule has 0 aliphatic rings. The third-order valence-electron chi connectivity index (χ3n) is 3.15. The van der Waals surface area contributed by atoms with Crippen molar-refractivity contribution in [3.05, 3.63) is 54.5 Å². The van der Waals surface area contributed by atoms with E-state index in [-0.39, 0.29) is 19.1 Å². The number of carbonyl (C=O) groups is 1. The molecule has 2 aromatic rings. The molecular formula is C16H20N2O3. The van der Waals surface area contributed by atoms with Gasteiger partial charge in [0.15, 0.2) is 0 Å². The van der Waals surface area contributed by atoms with Crippen LogP contribution in [0.25, 0.3) is 0 Å². The van der Waals surface area contributed by atoms with E-state index in [1.165, 1.54) is 0 Å². The van der Waals surface area contributed by atoms with Crippen molar-refractivity contribution in [2.24, 2.45) is 0 Å². The predicted molar refractivity (Wildman–Crippen MR) is 80.9 cm³/mol. The van der Waals surface area contributed by atoms with Crippen molar-refractivity contribution in [2.45, 2.75) is 6.54 Å². The number of furan rings is 1. The second-order valence-electron chi connectivity index (χ2n) is 4.86. The average molecular weight is 288 g/mol. The number of amides is 1. The van der Waals surface area contributed by atoms with E-state index in [1.54, 1.807) is 22.1 Å². The number of hydrogen-bond acceptors (Lipinski definition) is 4. The maximum absolute atomic E-state index is 12.5. The molecule has 21 heavy (non-hydrogen) atoms. The summed E-state index contributed by atoms with van der Waals surface area (Å²) < 4.78 is 5.34. The van der Waals surface area contributed by atoms with Gasteiger partial charge in [0.2, 0.25) is 5.91 Å². The molecule has 1 amide bonds. The van der Waals surface area contributed by atoms with Crippen molar-refractivity contribution >= 4 is 11.6 Å². The molecule has 112 valence electrons. The largest absolute Gasteiger partial charge is 0.467 e. The lowest BCUT2D eigenvalue weighted by atomic mass is 10.2. The van der Waals surface area contributed by atoms with E-state index in [2.05, 4.69) is 0 Å². The minimum absolute atomic E-state index is 0.0337. The van der Waals surface area contributed by atoms with Crippen molar-refractivity contribution in [2.75, 3.05) is 31.6 Å². The van der Waals surface area contributed by atoms with Gasteiger partial charge in [0.1, 0.15) is 5.76 Å². The molecular weight excluding hydrogens is 268 g/mol. The number of aliphatic hydroxyl groups is 1. The molecule has 1 aromatic carbocycles. The zero-order valence-electron chi connectivity index (χ0n) is 12.1. The van der Waals surface area contributed by atoms with Crippen LogP contribution in [0.3, 0.4) is 0 Å². The summed E-state index contributed by atoms with van der Waals surface area (Å²) in [6.07, 6.45) is 1.60. The van der Waals surface area contributed by atoms with E-state index in [9.17, 15) is 4.79 Å². The van der Waals surface area contributed by atoms with Gasteiger partial charge in [-0.2, -0.15) is 0 Å². The van der Waals surface area contributed by atoms with Crippen molar-refractivity contribution in [1.82, 2.24) is 4.90 Å². The summed E-state index contributed by atoms with van der Waals surface area (Å²) in [5.74, 6) is 0.700. The maximum atomic E-state index is 12.5. The number of benzene rings is 1. The second-order valence-corrected chi connectivity index (χ2v) is 4.86. The fraction of sp³-hybridized carbons (Fsp3) is 0.312. The van der Waals surface area contributed by atoms with E-state index in [0.29, 0.717) is 13.1 Å². The van der Waals surface area contributed by atoms with Crippen LogP contribution in [-0.2, 0) is 11.3 Å². The van der Waals surface area contributed by atoms with Crippen LogP contribution >= 0.6 is 0 Å². The Kier molecular flexibility index (Phi) is 5.54. The number of rotatable bonds is 7. The molecule has 0 atom stereocenters. The summed E-state index contributed by atoms with van der Waals surface area (Å²) in [6, 6.07) is 13.2. The monoisotopic (exact) mass is 288 g/mol. The predicted octanol–water partition coefficient (Wildman–Crippen LogP) is 1.74. The maximum Gasteiger partial charge on any atom is 0.241 e. The Balaban J connectivity index is 2.13. The molecule has 1 heterocycles. The van der Waals surface area contributed by atoms with Gasteiger partial charge in [0.05, 0.1) is 26.0 Å². The lowest BCUT2D eigenvalue weighted by molar-refractivity contribution is -0.119. The van der Waals surface area contributed by atoms with Gasteiger partial charge in [-0.25, -0.2) is 0 Å². The molecule has 0 saturated carbocycles. The van der Waals surface area contributed by atoms with Gasteiger partial charge in [0, 0.05) is 12.2 Å². The Labute approximate surface area is 124 Å². The van der Waals surface area contributed by atoms with Crippen LogP contribution in [0.15, 0.2) is 53.1 Å². The van der Waals surface area contributed by atoms with Gasteiger partial charge in [-0.1, -0.05) is 18.2 Å². The highest BCUT2D eigenvalue weighted by molar-refractivity contribution is 5.94. The lowest BCUT2D eigenvalue weighted by Crippen LogP contribution is -2.39. The minimum atomic E-state index is -0.0337. The number of aliphatic hydroxyl groups excluding tert-OH is 1. The number of nitrogens with zero attached hydrogens (tertiary/aromatic N) is 2. The molecule has 1 N–H and O–H groups in total. The van der Waals surface area contributed by atoms with Crippen LogP contribution in [0.5, 0.6) is 0 Å². The van der Waals surface area contributed by atoms with Crippen LogP contribution in [0.4, 0.5) is 5.69 Å². The van der Waals surface area contributed by atoms with Gasteiger partial charge in [-0.05, 0) is 31.3 Å². The van der Waals surface area contributed by atoms with E-state index in [4.69, 9.17) is 9.52 Å². The smallest absolute Gasteiger partial charge is 0.241 e. The molecule has 5 heteroatoms. The first kappa shape index (κ1) is 15.3. The molecule has 0 bridgehead atoms. The number of para-hydroxylation sites is 1. The third-order valence-corrected chi connectivity index (χ3v) is 3.15. The minimum Gasteiger partial charge on any atom is -0.467 e. The Bertz CT molecular complexity index is 540. The van der Waals surface area contributed by atoms with E-state index in [0.717, 1.165) is 11.4 Å². The quantitative estimate of drug-likeness (QED) is 0.843. The molecule has 0 unspecified atom stereocenters. The molecule has 0 aliphatic heterocycles. The molecule has 2 rings (SSSR count). The summed E-state index contributed by atoms with van der Waals surface area (Å²) >= 11 is 0. The summed E-state index contributed by atoms with van der Waals surface area (Å²) in [7, 11) is 1.81. The molecule has 0 saturated heterocycles. The topological polar surface area (TPSA) is 56.9 Å². The van der Waals surface area contributed by atoms with E-state index in [1.807, 2.05) is 43.4 Å². The van der Waals surface area contributed by atoms with Gasteiger partial charge in [-0.15, -0.1) is 0 Å². The summed E-state index contributed by atoms with van der Waals surface area (Å²) in [5, 5.41) is 8.93. The Morgan fingerprint density at radius 1 is 1.19 bits per heavy atom. The fourth-order valence-corrected chi connectivity index (χ4v) is 2.06. The standard InChI is InChI=1S/C16H20N2O3/c1-17(9-10-19)13-16(20)18(12-15-8-5-11-21-15)14-6-3-2-4-7-14/h2-8,11,19H,9-10,12-13H2,1H3. The van der Waals surface area contributed by atoms with E-state index < -0.39 is 0 Å². The molecule has 0 aliphatic carbocycles.